The Labute approximate surface area is 157 Å². The molecule has 2 rings (SSSR count). The van der Waals surface area contributed by atoms with Gasteiger partial charge in [0.1, 0.15) is 0 Å². The monoisotopic (exact) mass is 388 g/mol. The Bertz CT molecular complexity index is 573. The minimum absolute atomic E-state index is 0.187. The number of hydrogen-bond acceptors (Lipinski definition) is 7. The van der Waals surface area contributed by atoms with E-state index in [1.807, 2.05) is 11.8 Å². The van der Waals surface area contributed by atoms with E-state index in [1.54, 1.807) is 0 Å². The maximum absolute atomic E-state index is 12.4. The molecule has 26 heavy (non-hydrogen) atoms. The molecular formula is C16H28N4O5S. The minimum atomic E-state index is -0.250. The fourth-order valence-corrected chi connectivity index (χ4v) is 3.65. The summed E-state index contributed by atoms with van der Waals surface area (Å²) in [5.74, 6) is 0.187. The summed E-state index contributed by atoms with van der Waals surface area (Å²) in [6, 6.07) is 0.950. The third-order valence-corrected chi connectivity index (χ3v) is 4.90. The van der Waals surface area contributed by atoms with Crippen LogP contribution in [0.5, 0.6) is 0 Å². The molecule has 1 saturated heterocycles. The Hall–Kier alpha value is -2.20. The lowest BCUT2D eigenvalue weighted by Gasteiger charge is -2.42. The highest BCUT2D eigenvalue weighted by atomic mass is 32.1. The molecule has 0 aromatic carbocycles. The number of aryl methyl sites for hydroxylation is 1. The number of aromatic nitrogens is 1. The number of nitrogen functional groups attached to an aromatic ring is 1. The maximum Gasteiger partial charge on any atom is 0.290 e. The first kappa shape index (κ1) is 23.8. The maximum atomic E-state index is 12.4. The number of amides is 1. The smallest absolute Gasteiger partial charge is 0.290 e. The summed E-state index contributed by atoms with van der Waals surface area (Å²) in [4.78, 5) is 38.7. The zero-order valence-corrected chi connectivity index (χ0v) is 16.4. The van der Waals surface area contributed by atoms with Crippen LogP contribution in [0.25, 0.3) is 0 Å². The van der Waals surface area contributed by atoms with Gasteiger partial charge in [0.15, 0.2) is 5.13 Å². The quantitative estimate of drug-likeness (QED) is 0.650. The molecule has 1 unspecified atom stereocenters. The van der Waals surface area contributed by atoms with E-state index in [9.17, 15) is 4.79 Å². The molecule has 1 atom stereocenters. The van der Waals surface area contributed by atoms with E-state index in [2.05, 4.69) is 30.7 Å². The van der Waals surface area contributed by atoms with Crippen LogP contribution in [-0.4, -0.2) is 75.6 Å². The summed E-state index contributed by atoms with van der Waals surface area (Å²) in [6.45, 7) is 10.6. The predicted molar refractivity (Wildman–Crippen MR) is 100 cm³/mol. The van der Waals surface area contributed by atoms with Crippen molar-refractivity contribution in [1.29, 1.82) is 0 Å². The second kappa shape index (κ2) is 12.2. The van der Waals surface area contributed by atoms with Gasteiger partial charge in [0.2, 0.25) is 5.91 Å². The Morgan fingerprint density at radius 3 is 2.27 bits per heavy atom. The molecule has 10 heteroatoms. The molecule has 1 aliphatic heterocycles. The Morgan fingerprint density at radius 1 is 1.35 bits per heavy atom. The number of hydrogen-bond donors (Lipinski definition) is 3. The van der Waals surface area contributed by atoms with Crippen LogP contribution in [0, 0.1) is 6.92 Å². The van der Waals surface area contributed by atoms with Crippen molar-refractivity contribution in [2.24, 2.45) is 0 Å². The summed E-state index contributed by atoms with van der Waals surface area (Å²) in [6.07, 6.45) is 0.426. The molecule has 0 aliphatic carbocycles. The molecule has 2 heterocycles. The zero-order chi connectivity index (χ0) is 20.3. The Morgan fingerprint density at radius 2 is 1.88 bits per heavy atom. The van der Waals surface area contributed by atoms with Crippen molar-refractivity contribution in [2.45, 2.75) is 46.2 Å². The van der Waals surface area contributed by atoms with E-state index in [4.69, 9.17) is 25.5 Å². The van der Waals surface area contributed by atoms with E-state index in [0.29, 0.717) is 23.6 Å². The van der Waals surface area contributed by atoms with Gasteiger partial charge in [-0.05, 0) is 27.7 Å². The van der Waals surface area contributed by atoms with Crippen LogP contribution in [0.2, 0.25) is 0 Å². The SMILES string of the molecule is Cc1nc(N)sc1CC(=O)N1CCN(C(C)C)C(C)C1.O=CO.O=CO. The largest absolute Gasteiger partial charge is 0.483 e. The third kappa shape index (κ3) is 7.79. The van der Waals surface area contributed by atoms with Crippen LogP contribution in [-0.2, 0) is 20.8 Å². The number of carbonyl (C=O) groups is 3. The molecule has 1 aliphatic rings. The highest BCUT2D eigenvalue weighted by molar-refractivity contribution is 7.15. The summed E-state index contributed by atoms with van der Waals surface area (Å²) in [5.41, 5.74) is 6.57. The van der Waals surface area contributed by atoms with Crippen LogP contribution in [0.4, 0.5) is 5.13 Å². The van der Waals surface area contributed by atoms with Crippen molar-refractivity contribution < 1.29 is 24.6 Å². The molecule has 0 spiro atoms. The molecule has 148 valence electrons. The first-order valence-corrected chi connectivity index (χ1v) is 8.94. The molecule has 1 aromatic rings. The summed E-state index contributed by atoms with van der Waals surface area (Å²) in [7, 11) is 0. The van der Waals surface area contributed by atoms with Crippen LogP contribution in [0.1, 0.15) is 31.3 Å². The van der Waals surface area contributed by atoms with Crippen molar-refractivity contribution in [3.8, 4) is 0 Å². The van der Waals surface area contributed by atoms with E-state index < -0.39 is 0 Å². The Kier molecular flexibility index (Phi) is 11.2. The van der Waals surface area contributed by atoms with Crippen molar-refractivity contribution in [2.75, 3.05) is 25.4 Å². The van der Waals surface area contributed by atoms with Crippen LogP contribution in [0.15, 0.2) is 0 Å². The van der Waals surface area contributed by atoms with Gasteiger partial charge in [-0.1, -0.05) is 0 Å². The van der Waals surface area contributed by atoms with Crippen molar-refractivity contribution in [3.63, 3.8) is 0 Å². The normalized spacial score (nSPS) is 16.8. The number of thiazole rings is 1. The molecule has 0 bridgehead atoms. The molecule has 0 radical (unpaired) electrons. The van der Waals surface area contributed by atoms with Crippen LogP contribution < -0.4 is 5.73 Å². The number of carbonyl (C=O) groups excluding carboxylic acids is 1. The minimum Gasteiger partial charge on any atom is -0.483 e. The van der Waals surface area contributed by atoms with Gasteiger partial charge in [-0.15, -0.1) is 11.3 Å². The van der Waals surface area contributed by atoms with E-state index in [1.165, 1.54) is 11.3 Å². The molecule has 1 aromatic heterocycles. The lowest BCUT2D eigenvalue weighted by molar-refractivity contribution is -0.133. The topological polar surface area (TPSA) is 137 Å². The summed E-state index contributed by atoms with van der Waals surface area (Å²) in [5, 5.41) is 14.3. The van der Waals surface area contributed by atoms with Crippen molar-refractivity contribution >= 4 is 35.3 Å². The molecule has 1 fully saturated rings. The fourth-order valence-electron chi connectivity index (χ4n) is 2.83. The van der Waals surface area contributed by atoms with Gasteiger partial charge in [0, 0.05) is 36.6 Å². The molecule has 0 saturated carbocycles. The van der Waals surface area contributed by atoms with Crippen LogP contribution in [0.3, 0.4) is 0 Å². The lowest BCUT2D eigenvalue weighted by atomic mass is 10.1. The van der Waals surface area contributed by atoms with Gasteiger partial charge in [-0.25, -0.2) is 4.98 Å². The van der Waals surface area contributed by atoms with Gasteiger partial charge in [-0.3, -0.25) is 19.3 Å². The number of carboxylic acid groups (broad SMARTS) is 2. The number of anilines is 1. The predicted octanol–water partition coefficient (Wildman–Crippen LogP) is 0.919. The highest BCUT2D eigenvalue weighted by Gasteiger charge is 2.28. The number of nitrogens with zero attached hydrogens (tertiary/aromatic N) is 3. The zero-order valence-electron chi connectivity index (χ0n) is 15.6. The Balaban J connectivity index is 0.000000918. The van der Waals surface area contributed by atoms with Gasteiger partial charge in [0.05, 0.1) is 12.1 Å². The van der Waals surface area contributed by atoms with Crippen LogP contribution >= 0.6 is 11.3 Å². The third-order valence-electron chi connectivity index (χ3n) is 3.92. The fraction of sp³-hybridized carbons (Fsp3) is 0.625. The summed E-state index contributed by atoms with van der Waals surface area (Å²) >= 11 is 1.42. The van der Waals surface area contributed by atoms with E-state index >= 15 is 0 Å². The second-order valence-electron chi connectivity index (χ2n) is 5.97. The molecular weight excluding hydrogens is 360 g/mol. The van der Waals surface area contributed by atoms with E-state index in [0.717, 1.165) is 30.2 Å². The first-order valence-electron chi connectivity index (χ1n) is 8.12. The van der Waals surface area contributed by atoms with Crippen molar-refractivity contribution in [3.05, 3.63) is 10.6 Å². The average Bonchev–Trinajstić information content (AvgIpc) is 2.85. The number of rotatable bonds is 3. The standard InChI is InChI=1S/C14H24N4OS.2CH2O2/c1-9(2)18-6-5-17(8-10(18)3)13(19)7-12-11(4)16-14(15)20-12;2*2-1-3/h9-10H,5-8H2,1-4H3,(H2,15,16);2*1H,(H,2,3). The summed E-state index contributed by atoms with van der Waals surface area (Å²) < 4.78 is 0. The van der Waals surface area contributed by atoms with Gasteiger partial charge in [-0.2, -0.15) is 0 Å². The average molecular weight is 388 g/mol. The van der Waals surface area contributed by atoms with Gasteiger partial charge >= 0.3 is 0 Å². The number of piperazine rings is 1. The first-order chi connectivity index (χ1) is 12.2. The number of nitrogens with two attached hydrogens (primary N) is 1. The lowest BCUT2D eigenvalue weighted by Crippen LogP contribution is -2.55. The highest BCUT2D eigenvalue weighted by Crippen LogP contribution is 2.21. The van der Waals surface area contributed by atoms with Gasteiger partial charge < -0.3 is 20.8 Å². The second-order valence-corrected chi connectivity index (χ2v) is 7.08. The molecule has 1 amide bonds. The molecule has 4 N–H and O–H groups in total. The van der Waals surface area contributed by atoms with E-state index in [-0.39, 0.29) is 18.9 Å². The van der Waals surface area contributed by atoms with Crippen molar-refractivity contribution in [1.82, 2.24) is 14.8 Å². The van der Waals surface area contributed by atoms with Gasteiger partial charge in [0.25, 0.3) is 12.9 Å². The molecule has 9 nitrogen and oxygen atoms in total.